The molecule has 0 aliphatic carbocycles. The minimum absolute atomic E-state index is 0.0401. The van der Waals surface area contributed by atoms with Crippen molar-refractivity contribution in [2.24, 2.45) is 11.8 Å². The van der Waals surface area contributed by atoms with E-state index in [0.29, 0.717) is 38.0 Å². The van der Waals surface area contributed by atoms with Gasteiger partial charge in [-0.3, -0.25) is 24.2 Å². The van der Waals surface area contributed by atoms with Gasteiger partial charge in [0, 0.05) is 20.1 Å². The fourth-order valence-electron chi connectivity index (χ4n) is 6.03. The van der Waals surface area contributed by atoms with Crippen LogP contribution in [0.5, 0.6) is 5.75 Å². The summed E-state index contributed by atoms with van der Waals surface area (Å²) in [5.41, 5.74) is 5.61. The number of amides is 3. The molecule has 54 heavy (non-hydrogen) atoms. The second kappa shape index (κ2) is 21.0. The van der Waals surface area contributed by atoms with Crippen LogP contribution in [0.1, 0.15) is 83.9 Å². The van der Waals surface area contributed by atoms with E-state index in [1.165, 1.54) is 5.01 Å². The van der Waals surface area contributed by atoms with Gasteiger partial charge in [0.15, 0.2) is 0 Å². The van der Waals surface area contributed by atoms with Gasteiger partial charge in [-0.25, -0.2) is 5.43 Å². The van der Waals surface area contributed by atoms with Gasteiger partial charge in [0.2, 0.25) is 20.9 Å². The highest BCUT2D eigenvalue weighted by atomic mass is 28.3. The van der Waals surface area contributed by atoms with Gasteiger partial charge < -0.3 is 24.5 Å². The molecule has 0 aromatic heterocycles. The molecule has 3 amide bonds. The summed E-state index contributed by atoms with van der Waals surface area (Å²) in [6, 6.07) is 12.4. The first-order chi connectivity index (χ1) is 25.6. The fourth-order valence-corrected chi connectivity index (χ4v) is 6.94. The molecule has 1 saturated heterocycles. The smallest absolute Gasteiger partial charge is 0.325 e. The number of hydrogen-bond donors (Lipinski definition) is 3. The van der Waals surface area contributed by atoms with Crippen molar-refractivity contribution in [3.8, 4) is 5.75 Å². The summed E-state index contributed by atoms with van der Waals surface area (Å²) in [5, 5.41) is 7.33. The molecule has 1 aliphatic heterocycles. The van der Waals surface area contributed by atoms with Crippen LogP contribution in [0.25, 0.3) is 6.08 Å². The Morgan fingerprint density at radius 3 is 2.37 bits per heavy atom. The standard InChI is InChI=1S/C42H62N4O7Si/c1-11-13-22-36(51-9)29(5)38(47)44-37(28(3)4)39(48)43-35(26-31-18-15-20-33(25-31)53-54(10)42(6,7)8)40(49)46-23-16-21-34(45-46)41(50)52-27-32-19-14-17-30(12-2)24-32/h11-12,14-15,17-20,24-25,28-29,34-37,45,54H,1-2,13,16,21-23,26-27H2,3-10H3,(H,43,48)(H,44,47)/t29-,34+,35+,36-,37+,54?/m1/s1. The monoisotopic (exact) mass is 762 g/mol. The average Bonchev–Trinajstić information content (AvgIpc) is 3.15. The number of allylic oxidation sites excluding steroid dienone is 1. The third-order valence-electron chi connectivity index (χ3n) is 9.97. The molecule has 12 heteroatoms. The van der Waals surface area contributed by atoms with Gasteiger partial charge in [-0.05, 0) is 78.1 Å². The molecule has 296 valence electrons. The SMILES string of the molecule is C=CCC[C@@H](OC)[C@@H](C)C(=O)N[C@H](C(=O)N[C@@H](Cc1cccc(O[SiH](C)C(C)(C)C)c1)C(=O)N1CCC[C@@H](C(=O)OCc2cccc(C=C)c2)N1)C(C)C. The van der Waals surface area contributed by atoms with Crippen molar-refractivity contribution in [1.29, 1.82) is 0 Å². The van der Waals surface area contributed by atoms with Crippen LogP contribution in [0.3, 0.4) is 0 Å². The van der Waals surface area contributed by atoms with Crippen molar-refractivity contribution in [2.75, 3.05) is 13.7 Å². The van der Waals surface area contributed by atoms with Crippen molar-refractivity contribution in [3.05, 3.63) is 84.5 Å². The topological polar surface area (TPSA) is 135 Å². The highest BCUT2D eigenvalue weighted by Crippen LogP contribution is 2.29. The summed E-state index contributed by atoms with van der Waals surface area (Å²) in [4.78, 5) is 55.0. The largest absolute Gasteiger partial charge is 0.546 e. The molecule has 3 N–H and O–H groups in total. The predicted molar refractivity (Wildman–Crippen MR) is 216 cm³/mol. The lowest BCUT2D eigenvalue weighted by Gasteiger charge is -2.35. The van der Waals surface area contributed by atoms with Crippen LogP contribution in [0.15, 0.2) is 67.8 Å². The van der Waals surface area contributed by atoms with E-state index in [-0.39, 0.29) is 36.0 Å². The van der Waals surface area contributed by atoms with E-state index in [4.69, 9.17) is 13.9 Å². The molecule has 1 fully saturated rings. The molecule has 1 unspecified atom stereocenters. The molecule has 0 saturated carbocycles. The van der Waals surface area contributed by atoms with Crippen molar-refractivity contribution in [3.63, 3.8) is 0 Å². The maximum atomic E-state index is 14.4. The predicted octanol–water partition coefficient (Wildman–Crippen LogP) is 5.89. The molecule has 0 bridgehead atoms. The highest BCUT2D eigenvalue weighted by Gasteiger charge is 2.36. The Hall–Kier alpha value is -4.26. The first-order valence-corrected chi connectivity index (χ1v) is 21.2. The van der Waals surface area contributed by atoms with E-state index in [0.717, 1.165) is 16.7 Å². The number of hydrogen-bond acceptors (Lipinski definition) is 8. The Kier molecular flexibility index (Phi) is 17.2. The van der Waals surface area contributed by atoms with E-state index < -0.39 is 50.9 Å². The van der Waals surface area contributed by atoms with Crippen LogP contribution in [0.4, 0.5) is 0 Å². The van der Waals surface area contributed by atoms with Gasteiger partial charge in [0.1, 0.15) is 30.5 Å². The minimum atomic E-state index is -1.61. The summed E-state index contributed by atoms with van der Waals surface area (Å²) in [5.74, 6) is -1.79. The van der Waals surface area contributed by atoms with Crippen molar-refractivity contribution >= 4 is 38.8 Å². The zero-order chi connectivity index (χ0) is 40.0. The van der Waals surface area contributed by atoms with Crippen molar-refractivity contribution in [2.45, 2.75) is 116 Å². The zero-order valence-electron chi connectivity index (χ0n) is 33.5. The second-order valence-corrected chi connectivity index (χ2v) is 18.8. The average molecular weight is 763 g/mol. The quantitative estimate of drug-likeness (QED) is 0.0918. The Morgan fingerprint density at radius 2 is 1.72 bits per heavy atom. The number of ether oxygens (including phenoxy) is 2. The summed E-state index contributed by atoms with van der Waals surface area (Å²) in [6.07, 6.45) is 5.64. The van der Waals surface area contributed by atoms with Crippen LogP contribution in [-0.2, 0) is 41.7 Å². The highest BCUT2D eigenvalue weighted by molar-refractivity contribution is 6.54. The van der Waals surface area contributed by atoms with Crippen LogP contribution in [0, 0.1) is 11.8 Å². The summed E-state index contributed by atoms with van der Waals surface area (Å²) in [7, 11) is -0.0462. The summed E-state index contributed by atoms with van der Waals surface area (Å²) < 4.78 is 17.6. The number of nitrogens with one attached hydrogen (secondary N) is 3. The minimum Gasteiger partial charge on any atom is -0.546 e. The molecule has 11 nitrogen and oxygen atoms in total. The molecule has 0 spiro atoms. The molecular weight excluding hydrogens is 701 g/mol. The molecular formula is C42H62N4O7Si. The Balaban J connectivity index is 1.83. The molecule has 1 heterocycles. The van der Waals surface area contributed by atoms with Gasteiger partial charge in [-0.2, -0.15) is 0 Å². The number of nitrogens with zero attached hydrogens (tertiary/aromatic N) is 1. The number of rotatable bonds is 19. The molecule has 3 rings (SSSR count). The van der Waals surface area contributed by atoms with Gasteiger partial charge in [-0.15, -0.1) is 6.58 Å². The third kappa shape index (κ3) is 13.2. The lowest BCUT2D eigenvalue weighted by Crippen LogP contribution is -2.62. The normalized spacial score (nSPS) is 17.4. The van der Waals surface area contributed by atoms with Gasteiger partial charge in [0.05, 0.1) is 12.0 Å². The number of carbonyl (C=O) groups is 4. The Morgan fingerprint density at radius 1 is 1.02 bits per heavy atom. The zero-order valence-corrected chi connectivity index (χ0v) is 34.6. The lowest BCUT2D eigenvalue weighted by molar-refractivity contribution is -0.154. The van der Waals surface area contributed by atoms with E-state index >= 15 is 0 Å². The third-order valence-corrected chi connectivity index (χ3v) is 13.0. The van der Waals surface area contributed by atoms with E-state index in [1.54, 1.807) is 26.2 Å². The first kappa shape index (κ1) is 44.1. The Bertz CT molecular complexity index is 1590. The number of hydrazine groups is 1. The van der Waals surface area contributed by atoms with Crippen molar-refractivity contribution < 1.29 is 33.1 Å². The molecule has 2 aromatic rings. The van der Waals surface area contributed by atoms with E-state index in [9.17, 15) is 19.2 Å². The van der Waals surface area contributed by atoms with Gasteiger partial charge in [0.25, 0.3) is 5.91 Å². The summed E-state index contributed by atoms with van der Waals surface area (Å²) in [6.45, 7) is 22.1. The van der Waals surface area contributed by atoms with Crippen LogP contribution in [-0.4, -0.2) is 75.6 Å². The maximum Gasteiger partial charge on any atom is 0.325 e. The van der Waals surface area contributed by atoms with E-state index in [1.807, 2.05) is 62.4 Å². The number of esters is 1. The second-order valence-electron chi connectivity index (χ2n) is 15.6. The molecule has 0 radical (unpaired) electrons. The van der Waals surface area contributed by atoms with Crippen LogP contribution in [0.2, 0.25) is 11.6 Å². The number of carbonyl (C=O) groups excluding carboxylic acids is 4. The lowest BCUT2D eigenvalue weighted by atomic mass is 9.96. The van der Waals surface area contributed by atoms with E-state index in [2.05, 4.69) is 56.5 Å². The fraction of sp³-hybridized carbons (Fsp3) is 0.524. The van der Waals surface area contributed by atoms with Crippen molar-refractivity contribution in [1.82, 2.24) is 21.1 Å². The molecule has 6 atom stereocenters. The van der Waals surface area contributed by atoms with Crippen LogP contribution < -0.4 is 20.5 Å². The number of methoxy groups -OCH3 is 1. The van der Waals surface area contributed by atoms with Gasteiger partial charge >= 0.3 is 5.97 Å². The van der Waals surface area contributed by atoms with Gasteiger partial charge in [-0.1, -0.05) is 90.6 Å². The molecule has 1 aliphatic rings. The molecule has 2 aromatic carbocycles. The first-order valence-electron chi connectivity index (χ1n) is 19.0. The van der Waals surface area contributed by atoms with Crippen LogP contribution >= 0.6 is 0 Å². The summed E-state index contributed by atoms with van der Waals surface area (Å²) >= 11 is 0. The Labute approximate surface area is 324 Å². The maximum absolute atomic E-state index is 14.4. The number of benzene rings is 2.